The van der Waals surface area contributed by atoms with E-state index in [0.29, 0.717) is 15.7 Å². The van der Waals surface area contributed by atoms with Crippen molar-refractivity contribution >= 4 is 51.5 Å². The molecule has 0 unspecified atom stereocenters. The molecule has 0 atom stereocenters. The van der Waals surface area contributed by atoms with Crippen molar-refractivity contribution in [1.82, 2.24) is 4.98 Å². The fourth-order valence-corrected chi connectivity index (χ4v) is 4.47. The van der Waals surface area contributed by atoms with Gasteiger partial charge in [-0.1, -0.05) is 42.1 Å². The molecular weight excluding hydrogens is 395 g/mol. The van der Waals surface area contributed by atoms with Crippen molar-refractivity contribution in [3.8, 4) is 0 Å². The first-order chi connectivity index (χ1) is 13.5. The maximum atomic E-state index is 13.0. The summed E-state index contributed by atoms with van der Waals surface area (Å²) >= 11 is 12.4. The number of rotatable bonds is 4. The lowest BCUT2D eigenvalue weighted by Gasteiger charge is -2.10. The minimum absolute atomic E-state index is 0.0733. The third-order valence-electron chi connectivity index (χ3n) is 5.47. The molecule has 0 spiro atoms. The second-order valence-electron chi connectivity index (χ2n) is 7.28. The number of halogens is 2. The number of aryl methyl sites for hydroxylation is 1. The van der Waals surface area contributed by atoms with E-state index >= 15 is 0 Å². The smallest absolute Gasteiger partial charge is 0.227 e. The van der Waals surface area contributed by atoms with Crippen LogP contribution in [0.5, 0.6) is 0 Å². The van der Waals surface area contributed by atoms with Crippen LogP contribution >= 0.6 is 23.2 Å². The van der Waals surface area contributed by atoms with Crippen molar-refractivity contribution in [3.63, 3.8) is 0 Å². The highest BCUT2D eigenvalue weighted by atomic mass is 35.5. The Balaban J connectivity index is 1.67. The van der Waals surface area contributed by atoms with Crippen molar-refractivity contribution in [2.24, 2.45) is 5.92 Å². The SMILES string of the molecule is Cc1c(C(=O)c2c(Cl)cccc2Cl)[nH]c2ccc(NC(=O)C3CCCC3)cc12. The molecule has 144 valence electrons. The van der Waals surface area contributed by atoms with Gasteiger partial charge in [0.1, 0.15) is 0 Å². The van der Waals surface area contributed by atoms with E-state index in [1.165, 1.54) is 0 Å². The van der Waals surface area contributed by atoms with E-state index in [0.717, 1.165) is 47.8 Å². The average molecular weight is 415 g/mol. The number of H-pyrrole nitrogens is 1. The van der Waals surface area contributed by atoms with Gasteiger partial charge in [-0.3, -0.25) is 9.59 Å². The Kier molecular flexibility index (Phi) is 5.17. The first kappa shape index (κ1) is 19.0. The number of aromatic amines is 1. The minimum atomic E-state index is -0.249. The molecule has 0 radical (unpaired) electrons. The van der Waals surface area contributed by atoms with Gasteiger partial charge in [0.2, 0.25) is 11.7 Å². The zero-order valence-electron chi connectivity index (χ0n) is 15.4. The molecule has 2 N–H and O–H groups in total. The predicted octanol–water partition coefficient (Wildman–Crippen LogP) is 6.14. The van der Waals surface area contributed by atoms with Crippen LogP contribution in [0.25, 0.3) is 10.9 Å². The van der Waals surface area contributed by atoms with Gasteiger partial charge in [0, 0.05) is 22.5 Å². The van der Waals surface area contributed by atoms with Gasteiger partial charge in [-0.25, -0.2) is 0 Å². The van der Waals surface area contributed by atoms with Gasteiger partial charge < -0.3 is 10.3 Å². The minimum Gasteiger partial charge on any atom is -0.352 e. The van der Waals surface area contributed by atoms with E-state index in [2.05, 4.69) is 10.3 Å². The molecule has 28 heavy (non-hydrogen) atoms. The van der Waals surface area contributed by atoms with Crippen LogP contribution in [0, 0.1) is 12.8 Å². The Bertz CT molecular complexity index is 1060. The van der Waals surface area contributed by atoms with Gasteiger partial charge in [0.15, 0.2) is 0 Å². The number of carbonyl (C=O) groups is 2. The Labute approximate surface area is 173 Å². The van der Waals surface area contributed by atoms with Gasteiger partial charge >= 0.3 is 0 Å². The van der Waals surface area contributed by atoms with E-state index in [1.54, 1.807) is 18.2 Å². The maximum Gasteiger partial charge on any atom is 0.227 e. The molecule has 1 aliphatic carbocycles. The molecule has 1 amide bonds. The summed E-state index contributed by atoms with van der Waals surface area (Å²) in [6.45, 7) is 1.87. The van der Waals surface area contributed by atoms with Crippen LogP contribution in [0.4, 0.5) is 5.69 Å². The molecule has 0 bridgehead atoms. The molecule has 4 nitrogen and oxygen atoms in total. The highest BCUT2D eigenvalue weighted by Gasteiger charge is 2.24. The number of aromatic nitrogens is 1. The largest absolute Gasteiger partial charge is 0.352 e. The summed E-state index contributed by atoms with van der Waals surface area (Å²) in [5.41, 5.74) is 3.09. The quantitative estimate of drug-likeness (QED) is 0.503. The summed E-state index contributed by atoms with van der Waals surface area (Å²) in [5.74, 6) is -0.0763. The highest BCUT2D eigenvalue weighted by molar-refractivity contribution is 6.41. The molecule has 0 saturated heterocycles. The van der Waals surface area contributed by atoms with Crippen LogP contribution in [-0.2, 0) is 4.79 Å². The fraction of sp³-hybridized carbons (Fsp3) is 0.273. The summed E-state index contributed by atoms with van der Waals surface area (Å²) in [6, 6.07) is 10.6. The summed E-state index contributed by atoms with van der Waals surface area (Å²) in [5, 5.41) is 4.54. The summed E-state index contributed by atoms with van der Waals surface area (Å²) in [6.07, 6.45) is 4.14. The number of hydrogen-bond donors (Lipinski definition) is 2. The Hall–Kier alpha value is -2.30. The summed E-state index contributed by atoms with van der Waals surface area (Å²) in [4.78, 5) is 28.6. The lowest BCUT2D eigenvalue weighted by molar-refractivity contribution is -0.119. The van der Waals surface area contributed by atoms with Crippen LogP contribution in [0.15, 0.2) is 36.4 Å². The molecule has 0 aliphatic heterocycles. The average Bonchev–Trinajstić information content (AvgIpc) is 3.30. The highest BCUT2D eigenvalue weighted by Crippen LogP contribution is 2.32. The number of ketones is 1. The zero-order valence-corrected chi connectivity index (χ0v) is 17.0. The monoisotopic (exact) mass is 414 g/mol. The zero-order chi connectivity index (χ0) is 19.8. The van der Waals surface area contributed by atoms with Crippen LogP contribution in [-0.4, -0.2) is 16.7 Å². The van der Waals surface area contributed by atoms with Crippen molar-refractivity contribution < 1.29 is 9.59 Å². The lowest BCUT2D eigenvalue weighted by Crippen LogP contribution is -2.20. The van der Waals surface area contributed by atoms with Gasteiger partial charge in [-0.15, -0.1) is 0 Å². The molecule has 1 aliphatic rings. The van der Waals surface area contributed by atoms with Crippen LogP contribution in [0.1, 0.15) is 47.3 Å². The molecule has 1 heterocycles. The third-order valence-corrected chi connectivity index (χ3v) is 6.10. The molecule has 1 aromatic heterocycles. The van der Waals surface area contributed by atoms with E-state index < -0.39 is 0 Å². The first-order valence-corrected chi connectivity index (χ1v) is 10.1. The molecule has 4 rings (SSSR count). The third kappa shape index (κ3) is 3.43. The Morgan fingerprint density at radius 2 is 1.75 bits per heavy atom. The van der Waals surface area contributed by atoms with Gasteiger partial charge in [-0.2, -0.15) is 0 Å². The number of amides is 1. The fourth-order valence-electron chi connectivity index (χ4n) is 3.90. The van der Waals surface area contributed by atoms with Gasteiger partial charge in [0.05, 0.1) is 21.3 Å². The van der Waals surface area contributed by atoms with Crippen molar-refractivity contribution in [2.75, 3.05) is 5.32 Å². The second kappa shape index (κ2) is 7.61. The lowest BCUT2D eigenvalue weighted by atomic mass is 10.0. The maximum absolute atomic E-state index is 13.0. The topological polar surface area (TPSA) is 62.0 Å². The summed E-state index contributed by atoms with van der Waals surface area (Å²) in [7, 11) is 0. The number of anilines is 1. The molecular formula is C22H20Cl2N2O2. The van der Waals surface area contributed by atoms with E-state index in [4.69, 9.17) is 23.2 Å². The molecule has 2 aromatic carbocycles. The van der Waals surface area contributed by atoms with Gasteiger partial charge in [0.25, 0.3) is 0 Å². The molecule has 1 fully saturated rings. The van der Waals surface area contributed by atoms with Crippen molar-refractivity contribution in [1.29, 1.82) is 0 Å². The molecule has 1 saturated carbocycles. The van der Waals surface area contributed by atoms with Crippen LogP contribution < -0.4 is 5.32 Å². The normalized spacial score (nSPS) is 14.5. The number of hydrogen-bond acceptors (Lipinski definition) is 2. The molecule has 6 heteroatoms. The van der Waals surface area contributed by atoms with Crippen molar-refractivity contribution in [2.45, 2.75) is 32.6 Å². The Morgan fingerprint density at radius 1 is 1.07 bits per heavy atom. The number of nitrogens with one attached hydrogen (secondary N) is 2. The first-order valence-electron chi connectivity index (χ1n) is 9.37. The van der Waals surface area contributed by atoms with Crippen LogP contribution in [0.3, 0.4) is 0 Å². The number of fused-ring (bicyclic) bond motifs is 1. The number of carbonyl (C=O) groups excluding carboxylic acids is 2. The standard InChI is InChI=1S/C22H20Cl2N2O2/c1-12-15-11-14(25-22(28)13-5-2-3-6-13)9-10-18(15)26-20(12)21(27)19-16(23)7-4-8-17(19)24/h4,7-11,13,26H,2-3,5-6H2,1H3,(H,25,28). The van der Waals surface area contributed by atoms with Crippen molar-refractivity contribution in [3.05, 3.63) is 63.3 Å². The van der Waals surface area contributed by atoms with E-state index in [1.807, 2.05) is 25.1 Å². The van der Waals surface area contributed by atoms with E-state index in [9.17, 15) is 9.59 Å². The second-order valence-corrected chi connectivity index (χ2v) is 8.10. The van der Waals surface area contributed by atoms with Crippen LogP contribution in [0.2, 0.25) is 10.0 Å². The summed E-state index contributed by atoms with van der Waals surface area (Å²) < 4.78 is 0. The predicted molar refractivity (Wildman–Crippen MR) is 114 cm³/mol. The number of benzene rings is 2. The Morgan fingerprint density at radius 3 is 2.43 bits per heavy atom. The van der Waals surface area contributed by atoms with Gasteiger partial charge in [-0.05, 0) is 55.7 Å². The molecule has 3 aromatic rings. The van der Waals surface area contributed by atoms with E-state index in [-0.39, 0.29) is 23.2 Å².